The van der Waals surface area contributed by atoms with Crippen molar-refractivity contribution in [1.29, 1.82) is 5.26 Å². The predicted molar refractivity (Wildman–Crippen MR) is 100 cm³/mol. The Morgan fingerprint density at radius 3 is 2.65 bits per heavy atom. The summed E-state index contributed by atoms with van der Waals surface area (Å²) in [5, 5.41) is 22.5. The number of amides is 1. The summed E-state index contributed by atoms with van der Waals surface area (Å²) in [6.45, 7) is 6.56. The first-order valence-corrected chi connectivity index (χ1v) is 8.13. The molecule has 0 fully saturated rings. The first-order chi connectivity index (χ1) is 12.5. The molecule has 0 bridgehead atoms. The van der Waals surface area contributed by atoms with Gasteiger partial charge in [-0.15, -0.1) is 5.10 Å². The van der Waals surface area contributed by atoms with Gasteiger partial charge in [0.1, 0.15) is 0 Å². The van der Waals surface area contributed by atoms with E-state index < -0.39 is 0 Å². The standard InChI is InChI=1S/C18H19N7O/c1-11-12(2)25-17(23-16(24-25)18(26)20-3)15(11)22-14-7-5-13(6-8-14)21-10-4-9-19/h5-8,21-22H,2,4,10H2,1,3H3,(H,20,26). The number of rotatable bonds is 6. The zero-order chi connectivity index (χ0) is 18.7. The molecule has 0 aliphatic rings. The van der Waals surface area contributed by atoms with Crippen molar-refractivity contribution in [2.75, 3.05) is 24.2 Å². The van der Waals surface area contributed by atoms with Crippen molar-refractivity contribution >= 4 is 35.2 Å². The number of fused-ring (bicyclic) bond motifs is 1. The molecule has 0 radical (unpaired) electrons. The SMILES string of the molecule is C=c1c(C)c(Nc2ccc(NCCC#N)cc2)c2nc(C(=O)NC)nn12. The highest BCUT2D eigenvalue weighted by atomic mass is 16.2. The molecule has 0 spiro atoms. The molecule has 3 rings (SSSR count). The molecule has 2 aromatic heterocycles. The van der Waals surface area contributed by atoms with E-state index in [1.54, 1.807) is 4.52 Å². The minimum absolute atomic E-state index is 0.104. The molecule has 0 aliphatic heterocycles. The largest absolute Gasteiger partial charge is 0.384 e. The molecule has 1 aromatic carbocycles. The van der Waals surface area contributed by atoms with Gasteiger partial charge in [-0.3, -0.25) is 4.79 Å². The van der Waals surface area contributed by atoms with Crippen LogP contribution in [0.2, 0.25) is 0 Å². The third kappa shape index (κ3) is 3.15. The Hall–Kier alpha value is -3.60. The number of aromatic nitrogens is 3. The highest BCUT2D eigenvalue weighted by Crippen LogP contribution is 2.24. The number of benzene rings is 1. The van der Waals surface area contributed by atoms with Gasteiger partial charge in [-0.2, -0.15) is 5.26 Å². The topological polar surface area (TPSA) is 107 Å². The summed E-state index contributed by atoms with van der Waals surface area (Å²) in [5.41, 5.74) is 4.05. The van der Waals surface area contributed by atoms with Gasteiger partial charge in [-0.05, 0) is 31.2 Å². The number of carbonyl (C=O) groups excluding carboxylic acids is 1. The molecule has 3 aromatic rings. The van der Waals surface area contributed by atoms with Crippen molar-refractivity contribution in [2.24, 2.45) is 0 Å². The van der Waals surface area contributed by atoms with E-state index in [0.29, 0.717) is 24.0 Å². The van der Waals surface area contributed by atoms with Crippen LogP contribution in [0, 0.1) is 18.3 Å². The lowest BCUT2D eigenvalue weighted by Crippen LogP contribution is -2.20. The van der Waals surface area contributed by atoms with Gasteiger partial charge in [-0.25, -0.2) is 9.50 Å². The Labute approximate surface area is 150 Å². The third-order valence-electron chi connectivity index (χ3n) is 4.04. The molecule has 0 saturated carbocycles. The fourth-order valence-corrected chi connectivity index (χ4v) is 2.57. The number of anilines is 3. The van der Waals surface area contributed by atoms with Crippen LogP contribution in [-0.2, 0) is 0 Å². The lowest BCUT2D eigenvalue weighted by Gasteiger charge is -2.08. The van der Waals surface area contributed by atoms with Gasteiger partial charge in [-0.1, -0.05) is 6.58 Å². The van der Waals surface area contributed by atoms with Gasteiger partial charge in [0.15, 0.2) is 5.65 Å². The zero-order valence-electron chi connectivity index (χ0n) is 14.6. The van der Waals surface area contributed by atoms with Crippen molar-refractivity contribution in [3.8, 4) is 6.07 Å². The van der Waals surface area contributed by atoms with E-state index in [1.165, 1.54) is 7.05 Å². The molecule has 0 unspecified atom stereocenters. The molecule has 2 heterocycles. The van der Waals surface area contributed by atoms with Crippen molar-refractivity contribution < 1.29 is 4.79 Å². The zero-order valence-corrected chi connectivity index (χ0v) is 14.6. The third-order valence-corrected chi connectivity index (χ3v) is 4.04. The molecule has 0 atom stereocenters. The highest BCUT2D eigenvalue weighted by molar-refractivity contribution is 5.92. The number of carbonyl (C=O) groups is 1. The minimum atomic E-state index is -0.343. The van der Waals surface area contributed by atoms with Crippen molar-refractivity contribution in [2.45, 2.75) is 13.3 Å². The quantitative estimate of drug-likeness (QED) is 0.584. The van der Waals surface area contributed by atoms with E-state index in [0.717, 1.165) is 22.6 Å². The second kappa shape index (κ2) is 7.11. The summed E-state index contributed by atoms with van der Waals surface area (Å²) in [5.74, 6) is -0.239. The lowest BCUT2D eigenvalue weighted by molar-refractivity contribution is 0.0953. The summed E-state index contributed by atoms with van der Waals surface area (Å²) >= 11 is 0. The Balaban J connectivity index is 1.87. The van der Waals surface area contributed by atoms with Gasteiger partial charge >= 0.3 is 0 Å². The fourth-order valence-electron chi connectivity index (χ4n) is 2.57. The van der Waals surface area contributed by atoms with Crippen LogP contribution in [0.25, 0.3) is 12.2 Å². The Morgan fingerprint density at radius 1 is 1.31 bits per heavy atom. The van der Waals surface area contributed by atoms with Crippen LogP contribution in [0.1, 0.15) is 22.6 Å². The van der Waals surface area contributed by atoms with E-state index in [-0.39, 0.29) is 11.7 Å². The lowest BCUT2D eigenvalue weighted by atomic mass is 10.2. The fraction of sp³-hybridized carbons (Fsp3) is 0.222. The van der Waals surface area contributed by atoms with Gasteiger partial charge in [0, 0.05) is 30.5 Å². The van der Waals surface area contributed by atoms with E-state index >= 15 is 0 Å². The molecular formula is C18H19N7O. The van der Waals surface area contributed by atoms with E-state index in [4.69, 9.17) is 5.26 Å². The van der Waals surface area contributed by atoms with E-state index in [9.17, 15) is 4.79 Å². The molecular weight excluding hydrogens is 330 g/mol. The number of nitrogens with zero attached hydrogens (tertiary/aromatic N) is 4. The van der Waals surface area contributed by atoms with Gasteiger partial charge in [0.05, 0.1) is 23.5 Å². The first-order valence-electron chi connectivity index (χ1n) is 8.13. The maximum Gasteiger partial charge on any atom is 0.290 e. The smallest absolute Gasteiger partial charge is 0.290 e. The number of nitrogens with one attached hydrogen (secondary N) is 3. The summed E-state index contributed by atoms with van der Waals surface area (Å²) in [6, 6.07) is 9.81. The van der Waals surface area contributed by atoms with Crippen LogP contribution >= 0.6 is 0 Å². The number of hydrogen-bond donors (Lipinski definition) is 3. The van der Waals surface area contributed by atoms with Gasteiger partial charge < -0.3 is 16.0 Å². The summed E-state index contributed by atoms with van der Waals surface area (Å²) in [4.78, 5) is 16.1. The van der Waals surface area contributed by atoms with Gasteiger partial charge in [0.2, 0.25) is 5.82 Å². The Bertz CT molecular complexity index is 1030. The molecule has 26 heavy (non-hydrogen) atoms. The highest BCUT2D eigenvalue weighted by Gasteiger charge is 2.18. The second-order valence-corrected chi connectivity index (χ2v) is 5.73. The monoisotopic (exact) mass is 349 g/mol. The van der Waals surface area contributed by atoms with Crippen LogP contribution in [-0.4, -0.2) is 34.1 Å². The van der Waals surface area contributed by atoms with Crippen LogP contribution in [0.3, 0.4) is 0 Å². The van der Waals surface area contributed by atoms with Crippen LogP contribution in [0.15, 0.2) is 24.3 Å². The van der Waals surface area contributed by atoms with Gasteiger partial charge in [0.25, 0.3) is 5.91 Å². The number of nitriles is 1. The first kappa shape index (κ1) is 17.2. The van der Waals surface area contributed by atoms with Crippen molar-refractivity contribution in [3.63, 3.8) is 0 Å². The molecule has 8 heteroatoms. The van der Waals surface area contributed by atoms with Crippen LogP contribution in [0.5, 0.6) is 0 Å². The molecule has 132 valence electrons. The summed E-state index contributed by atoms with van der Waals surface area (Å²) in [7, 11) is 1.54. The second-order valence-electron chi connectivity index (χ2n) is 5.73. The maximum absolute atomic E-state index is 11.8. The summed E-state index contributed by atoms with van der Waals surface area (Å²) in [6.07, 6.45) is 0.456. The summed E-state index contributed by atoms with van der Waals surface area (Å²) < 4.78 is 1.57. The predicted octanol–water partition coefficient (Wildman–Crippen LogP) is 1.60. The van der Waals surface area contributed by atoms with Crippen LogP contribution in [0.4, 0.5) is 17.1 Å². The normalized spacial score (nSPS) is 10.5. The molecule has 3 N–H and O–H groups in total. The average Bonchev–Trinajstić information content (AvgIpc) is 3.18. The molecule has 0 aliphatic carbocycles. The Kier molecular flexibility index (Phi) is 4.71. The molecule has 0 saturated heterocycles. The Morgan fingerprint density at radius 2 is 2.00 bits per heavy atom. The molecule has 8 nitrogen and oxygen atoms in total. The van der Waals surface area contributed by atoms with Crippen molar-refractivity contribution in [3.05, 3.63) is 41.0 Å². The van der Waals surface area contributed by atoms with Crippen LogP contribution < -0.4 is 21.3 Å². The minimum Gasteiger partial charge on any atom is -0.384 e. The van der Waals surface area contributed by atoms with E-state index in [2.05, 4.69) is 38.7 Å². The maximum atomic E-state index is 11.8. The van der Waals surface area contributed by atoms with E-state index in [1.807, 2.05) is 31.2 Å². The molecule has 1 amide bonds. The van der Waals surface area contributed by atoms with Crippen molar-refractivity contribution in [1.82, 2.24) is 19.9 Å². The average molecular weight is 349 g/mol. The number of hydrogen-bond acceptors (Lipinski definition) is 6.